The van der Waals surface area contributed by atoms with E-state index in [9.17, 15) is 4.79 Å². The van der Waals surface area contributed by atoms with Crippen LogP contribution in [0.3, 0.4) is 0 Å². The van der Waals surface area contributed by atoms with Crippen molar-refractivity contribution in [1.29, 1.82) is 0 Å². The summed E-state index contributed by atoms with van der Waals surface area (Å²) in [5, 5.41) is 2.68. The van der Waals surface area contributed by atoms with Crippen LogP contribution in [0.1, 0.15) is 41.7 Å². The number of benzene rings is 2. The summed E-state index contributed by atoms with van der Waals surface area (Å²) < 4.78 is 5.53. The van der Waals surface area contributed by atoms with Crippen LogP contribution in [0.25, 0.3) is 11.1 Å². The summed E-state index contributed by atoms with van der Waals surface area (Å²) in [7, 11) is 3.31. The molecule has 0 radical (unpaired) electrons. The molecule has 2 aromatic rings. The van der Waals surface area contributed by atoms with E-state index in [0.717, 1.165) is 16.9 Å². The van der Waals surface area contributed by atoms with Crippen LogP contribution < -0.4 is 10.1 Å². The Bertz CT molecular complexity index is 751. The minimum atomic E-state index is -0.0921. The number of hydrogen-bond donors (Lipinski definition) is 1. The van der Waals surface area contributed by atoms with E-state index in [4.69, 9.17) is 4.74 Å². The number of rotatable bonds is 5. The molecule has 132 valence electrons. The number of amides is 1. The second kappa shape index (κ2) is 7.70. The van der Waals surface area contributed by atoms with Gasteiger partial charge in [0.25, 0.3) is 5.91 Å². The zero-order valence-corrected chi connectivity index (χ0v) is 15.2. The molecule has 25 heavy (non-hydrogen) atoms. The lowest BCUT2D eigenvalue weighted by atomic mass is 9.97. The number of hydrogen-bond acceptors (Lipinski definition) is 3. The fraction of sp³-hybridized carbons (Fsp3) is 0.381. The van der Waals surface area contributed by atoms with Gasteiger partial charge in [0.15, 0.2) is 0 Å². The first-order valence-corrected chi connectivity index (χ1v) is 8.88. The summed E-state index contributed by atoms with van der Waals surface area (Å²) in [6.07, 6.45) is 2.57. The van der Waals surface area contributed by atoms with Crippen LogP contribution in [0.2, 0.25) is 0 Å². The number of carbonyl (C=O) groups is 1. The number of ether oxygens (including phenoxy) is 1. The molecule has 0 saturated carbocycles. The monoisotopic (exact) mass is 338 g/mol. The molecular formula is C21H26N2O2. The van der Waals surface area contributed by atoms with Crippen molar-refractivity contribution in [2.45, 2.75) is 25.8 Å². The number of nitrogens with zero attached hydrogens (tertiary/aromatic N) is 1. The molecule has 4 nitrogen and oxygen atoms in total. The van der Waals surface area contributed by atoms with Gasteiger partial charge in [0, 0.05) is 24.2 Å². The second-order valence-electron chi connectivity index (χ2n) is 6.54. The summed E-state index contributed by atoms with van der Waals surface area (Å²) in [5.41, 5.74) is 3.95. The van der Waals surface area contributed by atoms with Gasteiger partial charge in [0.05, 0.1) is 7.11 Å². The van der Waals surface area contributed by atoms with Crippen LogP contribution in [0.5, 0.6) is 5.75 Å². The van der Waals surface area contributed by atoms with E-state index in [0.29, 0.717) is 11.6 Å². The largest absolute Gasteiger partial charge is 0.496 e. The molecule has 3 rings (SSSR count). The van der Waals surface area contributed by atoms with Gasteiger partial charge in [-0.2, -0.15) is 0 Å². The molecule has 1 amide bonds. The third-order valence-electron chi connectivity index (χ3n) is 5.06. The van der Waals surface area contributed by atoms with Crippen LogP contribution in [0.4, 0.5) is 0 Å². The smallest absolute Gasteiger partial charge is 0.251 e. The molecular weight excluding hydrogens is 312 g/mol. The van der Waals surface area contributed by atoms with Crippen molar-refractivity contribution in [2.24, 2.45) is 0 Å². The van der Waals surface area contributed by atoms with Crippen molar-refractivity contribution in [1.82, 2.24) is 10.2 Å². The predicted molar refractivity (Wildman–Crippen MR) is 101 cm³/mol. The highest BCUT2D eigenvalue weighted by Gasteiger charge is 2.20. The maximum absolute atomic E-state index is 12.0. The fourth-order valence-electron chi connectivity index (χ4n) is 3.52. The summed E-state index contributed by atoms with van der Waals surface area (Å²) in [4.78, 5) is 14.5. The Morgan fingerprint density at radius 2 is 1.92 bits per heavy atom. The molecule has 0 aromatic heterocycles. The zero-order valence-electron chi connectivity index (χ0n) is 15.2. The standard InChI is InChI=1S/C21H26N2O2/c1-15(23-11-4-5-12-23)16-7-6-8-17(13-16)19-14-18(21(24)22-2)9-10-20(19)25-3/h6-10,13-15H,4-5,11-12H2,1-3H3,(H,22,24)/t15-/m1/s1. The topological polar surface area (TPSA) is 41.6 Å². The van der Waals surface area contributed by atoms with E-state index in [1.165, 1.54) is 31.5 Å². The van der Waals surface area contributed by atoms with Gasteiger partial charge in [-0.05, 0) is 68.2 Å². The lowest BCUT2D eigenvalue weighted by Gasteiger charge is -2.24. The fourth-order valence-corrected chi connectivity index (χ4v) is 3.52. The average Bonchev–Trinajstić information content (AvgIpc) is 3.21. The first-order valence-electron chi connectivity index (χ1n) is 8.88. The molecule has 0 bridgehead atoms. The summed E-state index contributed by atoms with van der Waals surface area (Å²) in [6, 6.07) is 14.5. The quantitative estimate of drug-likeness (QED) is 0.899. The Balaban J connectivity index is 1.98. The van der Waals surface area contributed by atoms with E-state index in [2.05, 4.69) is 41.4 Å². The lowest BCUT2D eigenvalue weighted by Crippen LogP contribution is -2.23. The summed E-state index contributed by atoms with van der Waals surface area (Å²) in [6.45, 7) is 4.60. The maximum atomic E-state index is 12.0. The minimum absolute atomic E-state index is 0.0921. The molecule has 1 heterocycles. The van der Waals surface area contributed by atoms with E-state index in [-0.39, 0.29) is 5.91 Å². The third-order valence-corrected chi connectivity index (χ3v) is 5.06. The van der Waals surface area contributed by atoms with Crippen molar-refractivity contribution in [2.75, 3.05) is 27.2 Å². The van der Waals surface area contributed by atoms with Crippen molar-refractivity contribution in [3.8, 4) is 16.9 Å². The highest BCUT2D eigenvalue weighted by molar-refractivity contribution is 5.96. The van der Waals surface area contributed by atoms with Crippen molar-refractivity contribution in [3.05, 3.63) is 53.6 Å². The van der Waals surface area contributed by atoms with Crippen LogP contribution in [0.15, 0.2) is 42.5 Å². The average molecular weight is 338 g/mol. The van der Waals surface area contributed by atoms with Crippen LogP contribution in [0, 0.1) is 0 Å². The molecule has 0 unspecified atom stereocenters. The first-order chi connectivity index (χ1) is 12.1. The second-order valence-corrected chi connectivity index (χ2v) is 6.54. The lowest BCUT2D eigenvalue weighted by molar-refractivity contribution is 0.0963. The molecule has 2 aromatic carbocycles. The van der Waals surface area contributed by atoms with E-state index in [1.54, 1.807) is 20.2 Å². The highest BCUT2D eigenvalue weighted by atomic mass is 16.5. The Kier molecular flexibility index (Phi) is 5.39. The highest BCUT2D eigenvalue weighted by Crippen LogP contribution is 2.33. The molecule has 1 saturated heterocycles. The van der Waals surface area contributed by atoms with Gasteiger partial charge in [0.1, 0.15) is 5.75 Å². The minimum Gasteiger partial charge on any atom is -0.496 e. The van der Waals surface area contributed by atoms with Crippen molar-refractivity contribution < 1.29 is 9.53 Å². The molecule has 1 aliphatic heterocycles. The number of likely N-dealkylation sites (tertiary alicyclic amines) is 1. The Morgan fingerprint density at radius 1 is 1.16 bits per heavy atom. The van der Waals surface area contributed by atoms with Gasteiger partial charge >= 0.3 is 0 Å². The maximum Gasteiger partial charge on any atom is 0.251 e. The molecule has 1 fully saturated rings. The number of nitrogens with one attached hydrogen (secondary N) is 1. The normalized spacial score (nSPS) is 15.8. The Morgan fingerprint density at radius 3 is 2.60 bits per heavy atom. The zero-order chi connectivity index (χ0) is 17.8. The predicted octanol–water partition coefficient (Wildman–Crippen LogP) is 3.88. The van der Waals surface area contributed by atoms with Crippen LogP contribution in [-0.4, -0.2) is 38.1 Å². The SMILES string of the molecule is CNC(=O)c1ccc(OC)c(-c2cccc([C@@H](C)N3CCCC3)c2)c1. The van der Waals surface area contributed by atoms with Gasteiger partial charge in [-0.3, -0.25) is 9.69 Å². The first kappa shape index (κ1) is 17.5. The van der Waals surface area contributed by atoms with Crippen molar-refractivity contribution in [3.63, 3.8) is 0 Å². The number of carbonyl (C=O) groups excluding carboxylic acids is 1. The Labute approximate surface area is 149 Å². The van der Waals surface area contributed by atoms with E-state index >= 15 is 0 Å². The summed E-state index contributed by atoms with van der Waals surface area (Å²) in [5.74, 6) is 0.684. The molecule has 1 N–H and O–H groups in total. The van der Waals surface area contributed by atoms with Gasteiger partial charge in [0.2, 0.25) is 0 Å². The van der Waals surface area contributed by atoms with Gasteiger partial charge < -0.3 is 10.1 Å². The molecule has 0 aliphatic carbocycles. The molecule has 1 aliphatic rings. The van der Waals surface area contributed by atoms with Gasteiger partial charge in [-0.25, -0.2) is 0 Å². The Hall–Kier alpha value is -2.33. The van der Waals surface area contributed by atoms with Gasteiger partial charge in [-0.1, -0.05) is 18.2 Å². The van der Waals surface area contributed by atoms with Crippen LogP contribution >= 0.6 is 0 Å². The third kappa shape index (κ3) is 3.69. The van der Waals surface area contributed by atoms with Crippen molar-refractivity contribution >= 4 is 5.91 Å². The van der Waals surface area contributed by atoms with Crippen LogP contribution in [-0.2, 0) is 0 Å². The van der Waals surface area contributed by atoms with E-state index < -0.39 is 0 Å². The van der Waals surface area contributed by atoms with Gasteiger partial charge in [-0.15, -0.1) is 0 Å². The molecule has 0 spiro atoms. The summed E-state index contributed by atoms with van der Waals surface area (Å²) >= 11 is 0. The number of methoxy groups -OCH3 is 1. The van der Waals surface area contributed by atoms with E-state index in [1.807, 2.05) is 12.1 Å². The molecule has 1 atom stereocenters. The molecule has 4 heteroatoms.